The van der Waals surface area contributed by atoms with Gasteiger partial charge in [-0.1, -0.05) is 61.5 Å². The zero-order chi connectivity index (χ0) is 27.8. The second-order valence-corrected chi connectivity index (χ2v) is 8.78. The lowest BCUT2D eigenvalue weighted by Crippen LogP contribution is -2.48. The Morgan fingerprint density at radius 2 is 1.62 bits per heavy atom. The maximum absolute atomic E-state index is 13.3. The third kappa shape index (κ3) is 6.20. The number of urea groups is 2. The van der Waals surface area contributed by atoms with Crippen molar-refractivity contribution in [2.24, 2.45) is 0 Å². The van der Waals surface area contributed by atoms with Crippen LogP contribution in [0.2, 0.25) is 0 Å². The number of para-hydroxylation sites is 2. The summed E-state index contributed by atoms with van der Waals surface area (Å²) >= 11 is 0. The fourth-order valence-electron chi connectivity index (χ4n) is 4.47. The van der Waals surface area contributed by atoms with Crippen molar-refractivity contribution in [3.8, 4) is 5.75 Å². The van der Waals surface area contributed by atoms with Gasteiger partial charge >= 0.3 is 18.0 Å². The molecule has 1 aliphatic rings. The number of carbonyl (C=O) groups is 3. The predicted molar refractivity (Wildman–Crippen MR) is 150 cm³/mol. The average Bonchev–Trinajstić information content (AvgIpc) is 2.95. The topological polar surface area (TPSA) is 109 Å². The Morgan fingerprint density at radius 3 is 2.28 bits per heavy atom. The Balaban J connectivity index is 1.65. The lowest BCUT2D eigenvalue weighted by atomic mass is 9.91. The van der Waals surface area contributed by atoms with E-state index in [0.717, 1.165) is 5.56 Å². The highest BCUT2D eigenvalue weighted by atomic mass is 16.5. The van der Waals surface area contributed by atoms with Crippen LogP contribution < -0.4 is 20.7 Å². The van der Waals surface area contributed by atoms with E-state index in [2.05, 4.69) is 16.0 Å². The third-order valence-corrected chi connectivity index (χ3v) is 6.17. The predicted octanol–water partition coefficient (Wildman–Crippen LogP) is 5.79. The van der Waals surface area contributed by atoms with Gasteiger partial charge in [0.05, 0.1) is 36.7 Å². The summed E-state index contributed by atoms with van der Waals surface area (Å²) in [7, 11) is 1.53. The van der Waals surface area contributed by atoms with Gasteiger partial charge in [0, 0.05) is 12.2 Å². The standard InChI is InChI=1S/C30H32N4O5/c1-4-19-34-27(21-11-7-6-8-12-21)25(28(35)39-5-2)26(33-30(34)37)20-15-17-22(18-16-20)31-29(36)32-23-13-9-10-14-24(23)38-3/h6-18,26H,4-5,19H2,1-3H3,(H,33,37)(H2,31,32,36). The smallest absolute Gasteiger partial charge is 0.338 e. The molecule has 0 saturated heterocycles. The molecule has 4 rings (SSSR count). The number of nitrogens with one attached hydrogen (secondary N) is 3. The lowest BCUT2D eigenvalue weighted by molar-refractivity contribution is -0.138. The minimum Gasteiger partial charge on any atom is -0.495 e. The number of carbonyl (C=O) groups excluding carboxylic acids is 3. The Labute approximate surface area is 227 Å². The summed E-state index contributed by atoms with van der Waals surface area (Å²) in [6.07, 6.45) is 0.710. The molecule has 1 atom stereocenters. The molecule has 9 heteroatoms. The van der Waals surface area contributed by atoms with Crippen LogP contribution in [0.25, 0.3) is 5.70 Å². The van der Waals surface area contributed by atoms with Gasteiger partial charge in [0.15, 0.2) is 0 Å². The summed E-state index contributed by atoms with van der Waals surface area (Å²) in [5, 5.41) is 8.53. The Morgan fingerprint density at radius 1 is 0.923 bits per heavy atom. The number of nitrogens with zero attached hydrogens (tertiary/aromatic N) is 1. The van der Waals surface area contributed by atoms with Crippen LogP contribution in [0, 0.1) is 0 Å². The van der Waals surface area contributed by atoms with Gasteiger partial charge in [-0.15, -0.1) is 0 Å². The van der Waals surface area contributed by atoms with Crippen molar-refractivity contribution in [2.75, 3.05) is 30.9 Å². The van der Waals surface area contributed by atoms with Crippen LogP contribution in [-0.4, -0.2) is 43.2 Å². The van der Waals surface area contributed by atoms with Crippen molar-refractivity contribution < 1.29 is 23.9 Å². The monoisotopic (exact) mass is 528 g/mol. The number of benzene rings is 3. The number of esters is 1. The normalized spacial score (nSPS) is 14.9. The van der Waals surface area contributed by atoms with Gasteiger partial charge in [0.25, 0.3) is 0 Å². The zero-order valence-electron chi connectivity index (χ0n) is 22.2. The molecular formula is C30H32N4O5. The van der Waals surface area contributed by atoms with E-state index in [1.165, 1.54) is 7.11 Å². The SMILES string of the molecule is CCCN1C(=O)NC(c2ccc(NC(=O)Nc3ccccc3OC)cc2)C(C(=O)OCC)=C1c1ccccc1. The highest BCUT2D eigenvalue weighted by Gasteiger charge is 2.38. The number of amides is 4. The number of methoxy groups -OCH3 is 1. The van der Waals surface area contributed by atoms with Crippen LogP contribution in [0.3, 0.4) is 0 Å². The van der Waals surface area contributed by atoms with E-state index in [4.69, 9.17) is 9.47 Å². The summed E-state index contributed by atoms with van der Waals surface area (Å²) in [4.78, 5) is 40.8. The van der Waals surface area contributed by atoms with Gasteiger partial charge in [-0.05, 0) is 48.7 Å². The number of ether oxygens (including phenoxy) is 2. The Hall–Kier alpha value is -4.79. The van der Waals surface area contributed by atoms with Gasteiger partial charge in [-0.25, -0.2) is 14.4 Å². The van der Waals surface area contributed by atoms with Crippen LogP contribution in [0.4, 0.5) is 21.0 Å². The van der Waals surface area contributed by atoms with E-state index in [-0.39, 0.29) is 12.6 Å². The third-order valence-electron chi connectivity index (χ3n) is 6.17. The van der Waals surface area contributed by atoms with E-state index < -0.39 is 18.0 Å². The number of hydrogen-bond donors (Lipinski definition) is 3. The summed E-state index contributed by atoms with van der Waals surface area (Å²) in [5.41, 5.74) is 3.37. The maximum Gasteiger partial charge on any atom is 0.338 e. The molecule has 39 heavy (non-hydrogen) atoms. The van der Waals surface area contributed by atoms with Crippen LogP contribution in [0.1, 0.15) is 37.4 Å². The van der Waals surface area contributed by atoms with Crippen LogP contribution >= 0.6 is 0 Å². The molecular weight excluding hydrogens is 496 g/mol. The quantitative estimate of drug-likeness (QED) is 0.305. The van der Waals surface area contributed by atoms with Crippen molar-refractivity contribution in [1.29, 1.82) is 0 Å². The first-order chi connectivity index (χ1) is 19.0. The molecule has 0 aromatic heterocycles. The molecule has 0 saturated carbocycles. The Bertz CT molecular complexity index is 1360. The summed E-state index contributed by atoms with van der Waals surface area (Å²) in [5.74, 6) is 0.0431. The van der Waals surface area contributed by atoms with Gasteiger partial charge in [-0.3, -0.25) is 4.90 Å². The fraction of sp³-hybridized carbons (Fsp3) is 0.233. The minimum atomic E-state index is -0.740. The van der Waals surface area contributed by atoms with Crippen LogP contribution in [-0.2, 0) is 9.53 Å². The molecule has 1 unspecified atom stereocenters. The summed E-state index contributed by atoms with van der Waals surface area (Å²) in [6.45, 7) is 4.36. The first-order valence-electron chi connectivity index (χ1n) is 12.8. The van der Waals surface area contributed by atoms with E-state index in [1.807, 2.05) is 43.3 Å². The van der Waals surface area contributed by atoms with Gasteiger partial charge in [0.1, 0.15) is 5.75 Å². The largest absolute Gasteiger partial charge is 0.495 e. The molecule has 0 fully saturated rings. The first-order valence-corrected chi connectivity index (χ1v) is 12.8. The molecule has 0 spiro atoms. The molecule has 3 N–H and O–H groups in total. The highest BCUT2D eigenvalue weighted by molar-refractivity contribution is 6.05. The molecule has 4 amide bonds. The molecule has 1 aliphatic heterocycles. The number of hydrogen-bond acceptors (Lipinski definition) is 5. The van der Waals surface area contributed by atoms with E-state index in [9.17, 15) is 14.4 Å². The van der Waals surface area contributed by atoms with Crippen molar-refractivity contribution in [1.82, 2.24) is 10.2 Å². The van der Waals surface area contributed by atoms with Crippen molar-refractivity contribution in [3.63, 3.8) is 0 Å². The number of rotatable bonds is 9. The Kier molecular flexibility index (Phi) is 8.83. The first kappa shape index (κ1) is 27.3. The van der Waals surface area contributed by atoms with Gasteiger partial charge in [-0.2, -0.15) is 0 Å². The van der Waals surface area contributed by atoms with Gasteiger partial charge in [0.2, 0.25) is 0 Å². The molecule has 9 nitrogen and oxygen atoms in total. The van der Waals surface area contributed by atoms with E-state index in [1.54, 1.807) is 54.3 Å². The molecule has 3 aromatic rings. The van der Waals surface area contributed by atoms with Crippen LogP contribution in [0.15, 0.2) is 84.4 Å². The van der Waals surface area contributed by atoms with Crippen molar-refractivity contribution in [2.45, 2.75) is 26.3 Å². The lowest BCUT2D eigenvalue weighted by Gasteiger charge is -2.36. The minimum absolute atomic E-state index is 0.197. The molecule has 202 valence electrons. The van der Waals surface area contributed by atoms with E-state index in [0.29, 0.717) is 46.9 Å². The van der Waals surface area contributed by atoms with Crippen LogP contribution in [0.5, 0.6) is 5.75 Å². The summed E-state index contributed by atoms with van der Waals surface area (Å²) < 4.78 is 10.7. The number of anilines is 2. The second-order valence-electron chi connectivity index (χ2n) is 8.78. The molecule has 1 heterocycles. The summed E-state index contributed by atoms with van der Waals surface area (Å²) in [6, 6.07) is 22.0. The molecule has 0 radical (unpaired) electrons. The molecule has 3 aromatic carbocycles. The van der Waals surface area contributed by atoms with Gasteiger partial charge < -0.3 is 25.4 Å². The maximum atomic E-state index is 13.3. The highest BCUT2D eigenvalue weighted by Crippen LogP contribution is 2.37. The van der Waals surface area contributed by atoms with E-state index >= 15 is 0 Å². The molecule has 0 bridgehead atoms. The fourth-order valence-corrected chi connectivity index (χ4v) is 4.47. The average molecular weight is 529 g/mol. The second kappa shape index (κ2) is 12.6. The zero-order valence-corrected chi connectivity index (χ0v) is 22.2. The van der Waals surface area contributed by atoms with Crippen molar-refractivity contribution in [3.05, 3.63) is 95.6 Å². The molecule has 0 aliphatic carbocycles. The van der Waals surface area contributed by atoms with Crippen molar-refractivity contribution >= 4 is 35.1 Å².